The zero-order valence-corrected chi connectivity index (χ0v) is 6.92. The van der Waals surface area contributed by atoms with Crippen LogP contribution in [0.5, 0.6) is 0 Å². The van der Waals surface area contributed by atoms with Crippen LogP contribution in [-0.4, -0.2) is 13.3 Å². The Kier molecular flexibility index (Phi) is 12.7. The van der Waals surface area contributed by atoms with Crippen LogP contribution >= 0.6 is 0 Å². The van der Waals surface area contributed by atoms with Gasteiger partial charge < -0.3 is 4.74 Å². The zero-order chi connectivity index (χ0) is 8.41. The predicted octanol–water partition coefficient (Wildman–Crippen LogP) is 2.39. The lowest BCUT2D eigenvalue weighted by atomic mass is 10.7. The summed E-state index contributed by atoms with van der Waals surface area (Å²) in [5.41, 5.74) is 0. The van der Waals surface area contributed by atoms with Crippen LogP contribution < -0.4 is 0 Å². The molecule has 0 bridgehead atoms. The highest BCUT2D eigenvalue weighted by atomic mass is 16.5. The Hall–Kier alpha value is -1.05. The summed E-state index contributed by atoms with van der Waals surface area (Å²) in [6.45, 7) is 10.9. The van der Waals surface area contributed by atoms with E-state index in [0.717, 1.165) is 0 Å². The largest absolute Gasteiger partial charge is 0.481 e. The number of aliphatic imine (C=N–C) groups is 1. The van der Waals surface area contributed by atoms with Gasteiger partial charge in [0, 0.05) is 6.21 Å². The fourth-order valence-corrected chi connectivity index (χ4v) is 0.189. The van der Waals surface area contributed by atoms with Crippen molar-refractivity contribution in [2.24, 2.45) is 4.99 Å². The molecule has 0 heterocycles. The molecule has 0 rings (SSSR count). The molecule has 0 amide bonds. The van der Waals surface area contributed by atoms with E-state index in [1.807, 2.05) is 13.8 Å². The van der Waals surface area contributed by atoms with Gasteiger partial charge in [0.15, 0.2) is 0 Å². The Morgan fingerprint density at radius 3 is 2.30 bits per heavy atom. The van der Waals surface area contributed by atoms with Crippen molar-refractivity contribution in [3.8, 4) is 0 Å². The third kappa shape index (κ3) is 10.0. The van der Waals surface area contributed by atoms with Gasteiger partial charge in [-0.1, -0.05) is 26.5 Å². The minimum Gasteiger partial charge on any atom is -0.481 e. The van der Waals surface area contributed by atoms with E-state index in [1.165, 1.54) is 13.3 Å². The summed E-state index contributed by atoms with van der Waals surface area (Å²) in [7, 11) is 1.52. The van der Waals surface area contributed by atoms with Gasteiger partial charge in [0.05, 0.1) is 7.11 Å². The van der Waals surface area contributed by atoms with Crippen molar-refractivity contribution in [1.29, 1.82) is 0 Å². The molecule has 0 aliphatic rings. The van der Waals surface area contributed by atoms with Crippen LogP contribution in [0.1, 0.15) is 13.8 Å². The van der Waals surface area contributed by atoms with Crippen molar-refractivity contribution >= 4 is 6.21 Å². The third-order valence-corrected chi connectivity index (χ3v) is 0.560. The maximum Gasteiger partial charge on any atom is 0.205 e. The third-order valence-electron chi connectivity index (χ3n) is 0.560. The highest BCUT2D eigenvalue weighted by Crippen LogP contribution is 1.88. The molecular weight excluding hydrogens is 126 g/mol. The van der Waals surface area contributed by atoms with Crippen molar-refractivity contribution in [3.63, 3.8) is 0 Å². The van der Waals surface area contributed by atoms with E-state index >= 15 is 0 Å². The van der Waals surface area contributed by atoms with Gasteiger partial charge in [0.2, 0.25) is 5.88 Å². The monoisotopic (exact) mass is 141 g/mol. The van der Waals surface area contributed by atoms with Gasteiger partial charge in [-0.25, -0.2) is 4.99 Å². The number of hydrogen-bond acceptors (Lipinski definition) is 2. The summed E-state index contributed by atoms with van der Waals surface area (Å²) in [5.74, 6) is 0.393. The van der Waals surface area contributed by atoms with Gasteiger partial charge in [-0.15, -0.1) is 0 Å². The van der Waals surface area contributed by atoms with Crippen molar-refractivity contribution in [2.75, 3.05) is 7.11 Å². The van der Waals surface area contributed by atoms with Crippen LogP contribution in [0.15, 0.2) is 30.1 Å². The van der Waals surface area contributed by atoms with Crippen LogP contribution in [0.25, 0.3) is 0 Å². The average Bonchev–Trinajstić information content (AvgIpc) is 2.04. The molecule has 10 heavy (non-hydrogen) atoms. The molecule has 0 atom stereocenters. The van der Waals surface area contributed by atoms with Crippen LogP contribution in [0.4, 0.5) is 0 Å². The highest BCUT2D eigenvalue weighted by Gasteiger charge is 1.76. The first kappa shape index (κ1) is 11.7. The molecular formula is C8H15NO. The van der Waals surface area contributed by atoms with Crippen molar-refractivity contribution in [1.82, 2.24) is 0 Å². The molecule has 0 saturated heterocycles. The van der Waals surface area contributed by atoms with Gasteiger partial charge >= 0.3 is 0 Å². The molecule has 0 aliphatic carbocycles. The van der Waals surface area contributed by atoms with Gasteiger partial charge in [-0.05, 0) is 6.58 Å². The zero-order valence-electron chi connectivity index (χ0n) is 6.92. The number of nitrogens with zero attached hydrogens (tertiary/aromatic N) is 1. The lowest BCUT2D eigenvalue weighted by molar-refractivity contribution is 0.291. The van der Waals surface area contributed by atoms with Crippen molar-refractivity contribution in [3.05, 3.63) is 25.1 Å². The molecule has 0 N–H and O–H groups in total. The first-order valence-electron chi connectivity index (χ1n) is 3.19. The molecule has 0 radical (unpaired) electrons. The van der Waals surface area contributed by atoms with Crippen LogP contribution in [-0.2, 0) is 4.74 Å². The Morgan fingerprint density at radius 1 is 1.50 bits per heavy atom. The van der Waals surface area contributed by atoms with Gasteiger partial charge in [-0.2, -0.15) is 0 Å². The molecule has 2 nitrogen and oxygen atoms in total. The SMILES string of the molecule is C=C/C=N\C(=C)OC.CC. The minimum absolute atomic E-state index is 0.393. The van der Waals surface area contributed by atoms with E-state index in [-0.39, 0.29) is 0 Å². The average molecular weight is 141 g/mol. The molecule has 58 valence electrons. The molecule has 0 unspecified atom stereocenters. The number of hydrogen-bond donors (Lipinski definition) is 0. The molecule has 0 fully saturated rings. The van der Waals surface area contributed by atoms with E-state index in [2.05, 4.69) is 22.9 Å². The van der Waals surface area contributed by atoms with E-state index in [9.17, 15) is 0 Å². The van der Waals surface area contributed by atoms with Gasteiger partial charge in [0.25, 0.3) is 0 Å². The summed E-state index contributed by atoms with van der Waals surface area (Å²) in [5, 5.41) is 0. The fourth-order valence-electron chi connectivity index (χ4n) is 0.189. The molecule has 2 heteroatoms. The quantitative estimate of drug-likeness (QED) is 0.437. The van der Waals surface area contributed by atoms with Gasteiger partial charge in [-0.3, -0.25) is 0 Å². The second kappa shape index (κ2) is 10.8. The van der Waals surface area contributed by atoms with Crippen LogP contribution in [0.3, 0.4) is 0 Å². The summed E-state index contributed by atoms with van der Waals surface area (Å²) >= 11 is 0. The summed E-state index contributed by atoms with van der Waals surface area (Å²) < 4.78 is 4.61. The molecule has 0 aromatic rings. The Bertz CT molecular complexity index is 116. The van der Waals surface area contributed by atoms with Crippen LogP contribution in [0.2, 0.25) is 0 Å². The normalized spacial score (nSPS) is 7.90. The lowest BCUT2D eigenvalue weighted by Crippen LogP contribution is -1.77. The number of rotatable bonds is 3. The van der Waals surface area contributed by atoms with E-state index in [4.69, 9.17) is 0 Å². The van der Waals surface area contributed by atoms with Gasteiger partial charge in [0.1, 0.15) is 0 Å². The second-order valence-corrected chi connectivity index (χ2v) is 1.11. The van der Waals surface area contributed by atoms with Crippen molar-refractivity contribution < 1.29 is 4.74 Å². The van der Waals surface area contributed by atoms with E-state index in [0.29, 0.717) is 5.88 Å². The fraction of sp³-hybridized carbons (Fsp3) is 0.375. The standard InChI is InChI=1S/C6H9NO.C2H6/c1-4-5-7-6(2)8-3;1-2/h4-5H,1-2H2,3H3;1-2H3/b7-5-;. The Morgan fingerprint density at radius 2 is 2.00 bits per heavy atom. The highest BCUT2D eigenvalue weighted by molar-refractivity contribution is 5.70. The van der Waals surface area contributed by atoms with Crippen LogP contribution in [0, 0.1) is 0 Å². The molecule has 0 saturated carbocycles. The molecule has 0 spiro atoms. The number of ether oxygens (including phenoxy) is 1. The maximum absolute atomic E-state index is 4.61. The van der Waals surface area contributed by atoms with Crippen molar-refractivity contribution in [2.45, 2.75) is 13.8 Å². The van der Waals surface area contributed by atoms with E-state index < -0.39 is 0 Å². The smallest absolute Gasteiger partial charge is 0.205 e. The van der Waals surface area contributed by atoms with E-state index in [1.54, 1.807) is 6.08 Å². The summed E-state index contributed by atoms with van der Waals surface area (Å²) in [4.78, 5) is 3.70. The Labute approximate surface area is 62.9 Å². The summed E-state index contributed by atoms with van der Waals surface area (Å²) in [6, 6.07) is 0. The lowest BCUT2D eigenvalue weighted by Gasteiger charge is -1.91. The maximum atomic E-state index is 4.61. The summed E-state index contributed by atoms with van der Waals surface area (Å²) in [6.07, 6.45) is 3.08. The molecule has 0 aliphatic heterocycles. The number of allylic oxidation sites excluding steroid dienone is 1. The number of methoxy groups -OCH3 is 1. The first-order chi connectivity index (χ1) is 4.81. The predicted molar refractivity (Wildman–Crippen MR) is 46.2 cm³/mol. The molecule has 0 aromatic carbocycles. The first-order valence-corrected chi connectivity index (χ1v) is 3.19. The molecule has 0 aromatic heterocycles. The topological polar surface area (TPSA) is 21.6 Å². The minimum atomic E-state index is 0.393. The Balaban J connectivity index is 0. The second-order valence-electron chi connectivity index (χ2n) is 1.11.